The minimum atomic E-state index is -0.558. The number of carbonyl (C=O) groups is 1. The Bertz CT molecular complexity index is 2370. The summed E-state index contributed by atoms with van der Waals surface area (Å²) in [5.41, 5.74) is 9.77. The molecule has 0 bridgehead atoms. The monoisotopic (exact) mass is 812 g/mol. The van der Waals surface area contributed by atoms with Crippen molar-refractivity contribution in [3.05, 3.63) is 226 Å². The van der Waals surface area contributed by atoms with Crippen molar-refractivity contribution in [2.45, 2.75) is 69.8 Å². The van der Waals surface area contributed by atoms with Gasteiger partial charge in [0.05, 0.1) is 45.7 Å². The van der Waals surface area contributed by atoms with Gasteiger partial charge >= 0.3 is 5.97 Å². The largest absolute Gasteiger partial charge is 0.465 e. The van der Waals surface area contributed by atoms with Crippen LogP contribution in [0.3, 0.4) is 0 Å². The summed E-state index contributed by atoms with van der Waals surface area (Å²) in [5, 5.41) is 0. The van der Waals surface area contributed by atoms with E-state index in [2.05, 4.69) is 78.9 Å². The summed E-state index contributed by atoms with van der Waals surface area (Å²) >= 11 is 0. The summed E-state index contributed by atoms with van der Waals surface area (Å²) in [6, 6.07) is 61.2. The molecule has 5 atom stereocenters. The Morgan fingerprint density at radius 3 is 1.61 bits per heavy atom. The molecule has 5 aromatic carbocycles. The van der Waals surface area contributed by atoms with Crippen molar-refractivity contribution in [1.82, 2.24) is 0 Å². The number of benzene rings is 5. The molecule has 7 nitrogen and oxygen atoms in total. The summed E-state index contributed by atoms with van der Waals surface area (Å²) in [6.07, 6.45) is -1.32. The zero-order chi connectivity index (χ0) is 41.6. The molecule has 310 valence electrons. The maximum Gasteiger partial charge on any atom is 0.338 e. The Morgan fingerprint density at radius 1 is 0.508 bits per heavy atom. The molecule has 1 aliphatic heterocycles. The first kappa shape index (κ1) is 41.8. The number of rotatable bonds is 18. The highest BCUT2D eigenvalue weighted by molar-refractivity contribution is 6.00. The topological polar surface area (TPSA) is 72.5 Å². The lowest BCUT2D eigenvalue weighted by Gasteiger charge is -2.46. The summed E-state index contributed by atoms with van der Waals surface area (Å²) in [5.74, 6) is -0.329. The van der Waals surface area contributed by atoms with Crippen LogP contribution in [0.15, 0.2) is 182 Å². The number of hydrogen-bond acceptors (Lipinski definition) is 7. The van der Waals surface area contributed by atoms with Gasteiger partial charge in [-0.2, -0.15) is 0 Å². The van der Waals surface area contributed by atoms with E-state index in [0.29, 0.717) is 44.8 Å². The highest BCUT2D eigenvalue weighted by Gasteiger charge is 2.49. The zero-order valence-electron chi connectivity index (χ0n) is 34.5. The highest BCUT2D eigenvalue weighted by Crippen LogP contribution is 2.39. The van der Waals surface area contributed by atoms with E-state index in [-0.39, 0.29) is 12.6 Å². The Morgan fingerprint density at radius 2 is 1.02 bits per heavy atom. The van der Waals surface area contributed by atoms with Crippen molar-refractivity contribution < 1.29 is 33.2 Å². The fraction of sp³-hybridized carbons (Fsp3) is 0.241. The van der Waals surface area contributed by atoms with Crippen molar-refractivity contribution in [3.8, 4) is 11.1 Å². The lowest BCUT2D eigenvalue weighted by atomic mass is 9.89. The van der Waals surface area contributed by atoms with Crippen LogP contribution in [0.5, 0.6) is 0 Å². The van der Waals surface area contributed by atoms with Crippen LogP contribution in [-0.4, -0.2) is 44.1 Å². The summed E-state index contributed by atoms with van der Waals surface area (Å²) < 4.78 is 39.8. The molecule has 3 aliphatic rings. The van der Waals surface area contributed by atoms with Gasteiger partial charge in [0.15, 0.2) is 0 Å². The lowest BCUT2D eigenvalue weighted by Crippen LogP contribution is -2.58. The van der Waals surface area contributed by atoms with Gasteiger partial charge in [0.2, 0.25) is 0 Å². The second-order valence-electron chi connectivity index (χ2n) is 15.4. The van der Waals surface area contributed by atoms with Crippen LogP contribution in [0.1, 0.15) is 55.4 Å². The Hall–Kier alpha value is -5.93. The number of hydrogen-bond donors (Lipinski definition) is 0. The van der Waals surface area contributed by atoms with Crippen LogP contribution in [0.4, 0.5) is 0 Å². The van der Waals surface area contributed by atoms with E-state index >= 15 is 0 Å². The van der Waals surface area contributed by atoms with Gasteiger partial charge in [-0.25, -0.2) is 4.79 Å². The third kappa shape index (κ3) is 10.9. The zero-order valence-corrected chi connectivity index (χ0v) is 34.5. The van der Waals surface area contributed by atoms with Crippen molar-refractivity contribution in [3.63, 3.8) is 0 Å². The van der Waals surface area contributed by atoms with Gasteiger partial charge in [-0.05, 0) is 62.9 Å². The Labute approximate surface area is 359 Å². The van der Waals surface area contributed by atoms with Crippen molar-refractivity contribution in [2.75, 3.05) is 13.7 Å². The smallest absolute Gasteiger partial charge is 0.338 e. The summed E-state index contributed by atoms with van der Waals surface area (Å²) in [6.45, 7) is 1.79. The second-order valence-corrected chi connectivity index (χ2v) is 15.4. The molecule has 0 unspecified atom stereocenters. The standard InChI is InChI=1S/C54H52O7/c1-56-54(55)49-45(33-44-27-15-6-16-29-47(44)49)31-30-39-26-17-28-46(32-39)50-52(59-36-42-22-11-4-12-23-42)53(60-37-43-24-13-5-14-25-43)51(58-35-41-20-9-3-10-21-41)48(61-50)38-57-34-40-18-7-2-8-19-40/h2-29,32-33,48,50-53H,30-31,34-38H2,1H3/t48-,50+,51-,52+,53+/m1/s1. The first-order chi connectivity index (χ1) is 30.1. The minimum absolute atomic E-state index is 0.278. The van der Waals surface area contributed by atoms with Crippen molar-refractivity contribution >= 4 is 5.97 Å². The number of methoxy groups -OCH3 is 1. The Kier molecular flexibility index (Phi) is 14.4. The molecule has 2 aliphatic carbocycles. The first-order valence-electron chi connectivity index (χ1n) is 21.0. The first-order valence-corrected chi connectivity index (χ1v) is 21.0. The fourth-order valence-electron chi connectivity index (χ4n) is 8.15. The van der Waals surface area contributed by atoms with Crippen LogP contribution in [0.2, 0.25) is 0 Å². The maximum atomic E-state index is 13.1. The van der Waals surface area contributed by atoms with E-state index in [4.69, 9.17) is 28.4 Å². The quantitative estimate of drug-likeness (QED) is 0.0799. The second kappa shape index (κ2) is 21.0. The van der Waals surface area contributed by atoms with E-state index in [1.54, 1.807) is 0 Å². The van der Waals surface area contributed by atoms with Crippen LogP contribution < -0.4 is 0 Å². The molecule has 0 spiro atoms. The van der Waals surface area contributed by atoms with Crippen molar-refractivity contribution in [2.24, 2.45) is 0 Å². The molecule has 0 N–H and O–H groups in total. The predicted octanol–water partition coefficient (Wildman–Crippen LogP) is 10.8. The number of ether oxygens (including phenoxy) is 6. The molecule has 0 aromatic heterocycles. The van der Waals surface area contributed by atoms with E-state index in [1.807, 2.05) is 103 Å². The van der Waals surface area contributed by atoms with Crippen LogP contribution in [-0.2, 0) is 67.7 Å². The van der Waals surface area contributed by atoms with Gasteiger partial charge in [-0.15, -0.1) is 0 Å². The summed E-state index contributed by atoms with van der Waals surface area (Å²) in [7, 11) is 1.44. The van der Waals surface area contributed by atoms with Crippen LogP contribution >= 0.6 is 0 Å². The van der Waals surface area contributed by atoms with Crippen LogP contribution in [0, 0.1) is 0 Å². The highest BCUT2D eigenvalue weighted by atomic mass is 16.6. The van der Waals surface area contributed by atoms with Gasteiger partial charge in [0.25, 0.3) is 0 Å². The molecule has 1 saturated heterocycles. The fourth-order valence-corrected chi connectivity index (χ4v) is 8.15. The summed E-state index contributed by atoms with van der Waals surface area (Å²) in [4.78, 5) is 13.1. The molecule has 8 rings (SSSR count). The average molecular weight is 813 g/mol. The number of fused-ring (bicyclic) bond motifs is 1. The number of carbonyl (C=O) groups excluding carboxylic acids is 1. The molecule has 5 aromatic rings. The number of esters is 1. The SMILES string of the molecule is COC(=O)c1c(CCc2cccc([C@@H]3O[C@H](COCc4ccccc4)[C@@H](OCc4ccccc4)[C@H](OCc4ccccc4)[C@H]3OCc3ccccc3)c2)cc2cccccc1-2. The molecule has 7 heteroatoms. The lowest BCUT2D eigenvalue weighted by molar-refractivity contribution is -0.275. The molecular weight excluding hydrogens is 761 g/mol. The van der Waals surface area contributed by atoms with Gasteiger partial charge in [0.1, 0.15) is 30.5 Å². The predicted molar refractivity (Wildman–Crippen MR) is 237 cm³/mol. The van der Waals surface area contributed by atoms with E-state index in [1.165, 1.54) is 7.11 Å². The van der Waals surface area contributed by atoms with Crippen molar-refractivity contribution in [1.29, 1.82) is 0 Å². The van der Waals surface area contributed by atoms with Gasteiger partial charge in [-0.3, -0.25) is 0 Å². The molecule has 1 fully saturated rings. The minimum Gasteiger partial charge on any atom is -0.465 e. The third-order valence-corrected chi connectivity index (χ3v) is 11.2. The third-order valence-electron chi connectivity index (χ3n) is 11.2. The van der Waals surface area contributed by atoms with Gasteiger partial charge < -0.3 is 28.4 Å². The van der Waals surface area contributed by atoms with Gasteiger partial charge in [0, 0.05) is 0 Å². The number of aryl methyl sites for hydroxylation is 2. The Balaban J connectivity index is 1.14. The van der Waals surface area contributed by atoms with E-state index < -0.39 is 30.5 Å². The molecule has 0 radical (unpaired) electrons. The van der Waals surface area contributed by atoms with Gasteiger partial charge in [-0.1, -0.05) is 182 Å². The maximum absolute atomic E-state index is 13.1. The molecule has 61 heavy (non-hydrogen) atoms. The molecule has 0 saturated carbocycles. The average Bonchev–Trinajstić information content (AvgIpc) is 3.50. The van der Waals surface area contributed by atoms with E-state index in [9.17, 15) is 4.79 Å². The van der Waals surface area contributed by atoms with Crippen LogP contribution in [0.25, 0.3) is 11.1 Å². The molecule has 1 heterocycles. The normalized spacial score (nSPS) is 18.8. The molecule has 0 amide bonds. The molecular formula is C54H52O7. The van der Waals surface area contributed by atoms with E-state index in [0.717, 1.165) is 50.1 Å².